The number of anilines is 3. The van der Waals surface area contributed by atoms with Crippen LogP contribution in [0.3, 0.4) is 0 Å². The number of nitrogens with zero attached hydrogens (tertiary/aromatic N) is 3. The lowest BCUT2D eigenvalue weighted by Crippen LogP contribution is -2.08. The Kier molecular flexibility index (Phi) is 3.69. The average Bonchev–Trinajstić information content (AvgIpc) is 2.65. The van der Waals surface area contributed by atoms with E-state index in [1.54, 1.807) is 10.7 Å². The van der Waals surface area contributed by atoms with E-state index in [1.165, 1.54) is 6.20 Å². The van der Waals surface area contributed by atoms with E-state index in [2.05, 4.69) is 15.4 Å². The Bertz CT molecular complexity index is 554. The van der Waals surface area contributed by atoms with Gasteiger partial charge in [-0.05, 0) is 6.92 Å². The predicted molar refractivity (Wildman–Crippen MR) is 71.0 cm³/mol. The molecule has 0 amide bonds. The number of aryl methyl sites for hydroxylation is 1. The van der Waals surface area contributed by atoms with Crippen LogP contribution in [0.1, 0.15) is 5.69 Å². The molecule has 0 saturated carbocycles. The van der Waals surface area contributed by atoms with Crippen LogP contribution in [0.4, 0.5) is 17.3 Å². The number of hydrogen-bond donors (Lipinski definition) is 3. The molecule has 0 aliphatic heterocycles. The van der Waals surface area contributed by atoms with Crippen molar-refractivity contribution in [2.45, 2.75) is 13.5 Å². The molecule has 0 aliphatic rings. The zero-order chi connectivity index (χ0) is 13.1. The average molecular weight is 268 g/mol. The van der Waals surface area contributed by atoms with Gasteiger partial charge in [-0.1, -0.05) is 11.6 Å². The van der Waals surface area contributed by atoms with E-state index in [1.807, 2.05) is 13.0 Å². The SMILES string of the molecule is Cc1cc(Nc2cc(N)c(Cl)cn2)n(CCO)n1. The lowest BCUT2D eigenvalue weighted by atomic mass is 10.4. The van der Waals surface area contributed by atoms with Crippen LogP contribution in [-0.2, 0) is 6.54 Å². The van der Waals surface area contributed by atoms with Crippen LogP contribution in [0, 0.1) is 6.92 Å². The fourth-order valence-electron chi connectivity index (χ4n) is 1.57. The highest BCUT2D eigenvalue weighted by molar-refractivity contribution is 6.32. The van der Waals surface area contributed by atoms with Crippen LogP contribution in [0.25, 0.3) is 0 Å². The quantitative estimate of drug-likeness (QED) is 0.782. The summed E-state index contributed by atoms with van der Waals surface area (Å²) < 4.78 is 1.67. The normalized spacial score (nSPS) is 10.6. The van der Waals surface area contributed by atoms with Gasteiger partial charge in [0.15, 0.2) is 0 Å². The minimum atomic E-state index is 0.0198. The number of aromatic nitrogens is 3. The summed E-state index contributed by atoms with van der Waals surface area (Å²) in [7, 11) is 0. The number of rotatable bonds is 4. The molecule has 0 aromatic carbocycles. The Morgan fingerprint density at radius 3 is 2.94 bits per heavy atom. The lowest BCUT2D eigenvalue weighted by molar-refractivity contribution is 0.270. The van der Waals surface area contributed by atoms with Gasteiger partial charge in [0.2, 0.25) is 0 Å². The monoisotopic (exact) mass is 267 g/mol. The Morgan fingerprint density at radius 1 is 1.50 bits per heavy atom. The van der Waals surface area contributed by atoms with Gasteiger partial charge in [-0.25, -0.2) is 9.67 Å². The van der Waals surface area contributed by atoms with Gasteiger partial charge in [0, 0.05) is 18.3 Å². The topological polar surface area (TPSA) is 89.0 Å². The second-order valence-corrected chi connectivity index (χ2v) is 4.24. The van der Waals surface area contributed by atoms with Crippen molar-refractivity contribution in [2.24, 2.45) is 0 Å². The van der Waals surface area contributed by atoms with Crippen LogP contribution in [0.5, 0.6) is 0 Å². The van der Waals surface area contributed by atoms with Gasteiger partial charge >= 0.3 is 0 Å². The number of aliphatic hydroxyl groups excluding tert-OH is 1. The van der Waals surface area contributed by atoms with Crippen molar-refractivity contribution < 1.29 is 5.11 Å². The molecule has 0 spiro atoms. The van der Waals surface area contributed by atoms with E-state index in [4.69, 9.17) is 22.4 Å². The molecule has 0 fully saturated rings. The molecule has 0 aliphatic carbocycles. The first kappa shape index (κ1) is 12.7. The molecule has 0 unspecified atom stereocenters. The van der Waals surface area contributed by atoms with Gasteiger partial charge in [0.1, 0.15) is 11.6 Å². The van der Waals surface area contributed by atoms with Crippen molar-refractivity contribution in [3.8, 4) is 0 Å². The number of nitrogens with one attached hydrogen (secondary N) is 1. The summed E-state index contributed by atoms with van der Waals surface area (Å²) in [5.74, 6) is 1.33. The largest absolute Gasteiger partial charge is 0.397 e. The zero-order valence-electron chi connectivity index (χ0n) is 9.89. The highest BCUT2D eigenvalue weighted by Crippen LogP contribution is 2.22. The van der Waals surface area contributed by atoms with Gasteiger partial charge < -0.3 is 16.2 Å². The number of nitrogen functional groups attached to an aromatic ring is 1. The van der Waals surface area contributed by atoms with Gasteiger partial charge in [0.25, 0.3) is 0 Å². The van der Waals surface area contributed by atoms with E-state index >= 15 is 0 Å². The van der Waals surface area contributed by atoms with Gasteiger partial charge in [-0.3, -0.25) is 0 Å². The summed E-state index contributed by atoms with van der Waals surface area (Å²) in [6.45, 7) is 2.31. The fourth-order valence-corrected chi connectivity index (χ4v) is 1.67. The molecule has 7 heteroatoms. The molecular weight excluding hydrogens is 254 g/mol. The Balaban J connectivity index is 2.24. The Hall–Kier alpha value is -1.79. The maximum absolute atomic E-state index is 8.96. The summed E-state index contributed by atoms with van der Waals surface area (Å²) in [6.07, 6.45) is 1.48. The molecule has 0 bridgehead atoms. The third kappa shape index (κ3) is 2.72. The van der Waals surface area contributed by atoms with Crippen molar-refractivity contribution in [1.29, 1.82) is 0 Å². The van der Waals surface area contributed by atoms with Crippen LogP contribution in [0.15, 0.2) is 18.3 Å². The third-order valence-corrected chi connectivity index (χ3v) is 2.67. The van der Waals surface area contributed by atoms with Crippen molar-refractivity contribution >= 4 is 28.9 Å². The second kappa shape index (κ2) is 5.24. The summed E-state index contributed by atoms with van der Waals surface area (Å²) in [5.41, 5.74) is 7.01. The Labute approximate surface area is 109 Å². The number of halogens is 1. The summed E-state index contributed by atoms with van der Waals surface area (Å²) in [5, 5.41) is 16.7. The van der Waals surface area contributed by atoms with E-state index < -0.39 is 0 Å². The van der Waals surface area contributed by atoms with E-state index in [0.29, 0.717) is 23.1 Å². The maximum Gasteiger partial charge on any atom is 0.133 e. The molecular formula is C11H14ClN5O. The first-order chi connectivity index (χ1) is 8.60. The van der Waals surface area contributed by atoms with Gasteiger partial charge in [-0.2, -0.15) is 5.10 Å². The molecule has 6 nitrogen and oxygen atoms in total. The molecule has 18 heavy (non-hydrogen) atoms. The van der Waals surface area contributed by atoms with Crippen LogP contribution in [-0.4, -0.2) is 26.5 Å². The molecule has 0 saturated heterocycles. The van der Waals surface area contributed by atoms with Crippen molar-refractivity contribution in [3.63, 3.8) is 0 Å². The minimum Gasteiger partial charge on any atom is -0.397 e. The zero-order valence-corrected chi connectivity index (χ0v) is 10.6. The lowest BCUT2D eigenvalue weighted by Gasteiger charge is -2.08. The maximum atomic E-state index is 8.96. The van der Waals surface area contributed by atoms with E-state index in [-0.39, 0.29) is 6.61 Å². The van der Waals surface area contributed by atoms with Gasteiger partial charge in [0.05, 0.1) is 29.6 Å². The smallest absolute Gasteiger partial charge is 0.133 e. The number of nitrogens with two attached hydrogens (primary N) is 1. The molecule has 2 aromatic rings. The standard InChI is InChI=1S/C11H14ClN5O/c1-7-4-11(17(16-7)2-3-18)15-10-5-9(13)8(12)6-14-10/h4-6,18H,2-3H2,1H3,(H3,13,14,15). The van der Waals surface area contributed by atoms with Crippen LogP contribution < -0.4 is 11.1 Å². The highest BCUT2D eigenvalue weighted by atomic mass is 35.5. The Morgan fingerprint density at radius 2 is 2.28 bits per heavy atom. The predicted octanol–water partition coefficient (Wildman–Crippen LogP) is 1.56. The first-order valence-corrected chi connectivity index (χ1v) is 5.81. The third-order valence-electron chi connectivity index (χ3n) is 2.36. The molecule has 96 valence electrons. The molecule has 0 atom stereocenters. The van der Waals surface area contributed by atoms with Crippen LogP contribution >= 0.6 is 11.6 Å². The molecule has 0 radical (unpaired) electrons. The van der Waals surface area contributed by atoms with Crippen molar-refractivity contribution in [3.05, 3.63) is 29.0 Å². The molecule has 4 N–H and O–H groups in total. The summed E-state index contributed by atoms with van der Waals surface area (Å²) in [4.78, 5) is 4.12. The molecule has 2 aromatic heterocycles. The second-order valence-electron chi connectivity index (χ2n) is 3.83. The van der Waals surface area contributed by atoms with E-state index in [9.17, 15) is 0 Å². The summed E-state index contributed by atoms with van der Waals surface area (Å²) >= 11 is 5.80. The number of pyridine rings is 1. The number of aliphatic hydroxyl groups is 1. The molecule has 2 rings (SSSR count). The highest BCUT2D eigenvalue weighted by Gasteiger charge is 2.07. The molecule has 2 heterocycles. The van der Waals surface area contributed by atoms with Crippen molar-refractivity contribution in [2.75, 3.05) is 17.7 Å². The number of hydrogen-bond acceptors (Lipinski definition) is 5. The van der Waals surface area contributed by atoms with E-state index in [0.717, 1.165) is 11.5 Å². The fraction of sp³-hybridized carbons (Fsp3) is 0.273. The first-order valence-electron chi connectivity index (χ1n) is 5.43. The van der Waals surface area contributed by atoms with Crippen LogP contribution in [0.2, 0.25) is 5.02 Å². The minimum absolute atomic E-state index is 0.0198. The van der Waals surface area contributed by atoms with Crippen molar-refractivity contribution in [1.82, 2.24) is 14.8 Å². The van der Waals surface area contributed by atoms with Gasteiger partial charge in [-0.15, -0.1) is 0 Å². The summed E-state index contributed by atoms with van der Waals surface area (Å²) in [6, 6.07) is 3.51.